The molecular formula is C31H43N7O3. The SMILES string of the molecule is CC(C)N(C[C@H]1OC[C@@](O)(n2ccc3c(N)ncnc32)[C@@H]1O)C1CC(CCc2nc3ccc(C(C)(C)C)cc3[nH]2)C1. The summed E-state index contributed by atoms with van der Waals surface area (Å²) in [4.78, 5) is 19.1. The Balaban J connectivity index is 1.06. The quantitative estimate of drug-likeness (QED) is 0.255. The van der Waals surface area contributed by atoms with Gasteiger partial charge in [-0.3, -0.25) is 9.47 Å². The van der Waals surface area contributed by atoms with E-state index in [1.165, 1.54) is 11.9 Å². The van der Waals surface area contributed by atoms with Crippen LogP contribution >= 0.6 is 0 Å². The molecule has 1 saturated carbocycles. The Labute approximate surface area is 240 Å². The third-order valence-electron chi connectivity index (χ3n) is 9.19. The van der Waals surface area contributed by atoms with Crippen molar-refractivity contribution in [3.05, 3.63) is 48.2 Å². The van der Waals surface area contributed by atoms with E-state index in [9.17, 15) is 10.2 Å². The van der Waals surface area contributed by atoms with Gasteiger partial charge in [0.25, 0.3) is 0 Å². The van der Waals surface area contributed by atoms with Crippen LogP contribution in [0.1, 0.15) is 65.3 Å². The number of aryl methyl sites for hydroxylation is 1. The van der Waals surface area contributed by atoms with Gasteiger partial charge in [0.2, 0.25) is 0 Å². The summed E-state index contributed by atoms with van der Waals surface area (Å²) in [6.45, 7) is 11.6. The summed E-state index contributed by atoms with van der Waals surface area (Å²) in [5, 5.41) is 23.5. The van der Waals surface area contributed by atoms with Crippen molar-refractivity contribution in [1.29, 1.82) is 0 Å². The Hall–Kier alpha value is -3.05. The normalized spacial score (nSPS) is 27.0. The van der Waals surface area contributed by atoms with Crippen molar-refractivity contribution in [2.24, 2.45) is 5.92 Å². The van der Waals surface area contributed by atoms with Gasteiger partial charge in [-0.2, -0.15) is 0 Å². The number of H-pyrrole nitrogens is 1. The lowest BCUT2D eigenvalue weighted by molar-refractivity contribution is -0.110. The zero-order chi connectivity index (χ0) is 29.1. The van der Waals surface area contributed by atoms with E-state index in [2.05, 4.69) is 72.7 Å². The second-order valence-corrected chi connectivity index (χ2v) is 13.3. The molecule has 1 aliphatic heterocycles. The molecule has 4 aromatic rings. The Morgan fingerprint density at radius 3 is 2.73 bits per heavy atom. The number of aliphatic hydroxyl groups excluding tert-OH is 1. The summed E-state index contributed by atoms with van der Waals surface area (Å²) in [5.74, 6) is 2.03. The van der Waals surface area contributed by atoms with E-state index >= 15 is 0 Å². The summed E-state index contributed by atoms with van der Waals surface area (Å²) in [6.07, 6.45) is 5.67. The van der Waals surface area contributed by atoms with Crippen molar-refractivity contribution in [3.63, 3.8) is 0 Å². The minimum absolute atomic E-state index is 0.0273. The summed E-state index contributed by atoms with van der Waals surface area (Å²) in [5.41, 5.74) is 8.40. The van der Waals surface area contributed by atoms with Gasteiger partial charge in [-0.25, -0.2) is 15.0 Å². The molecule has 5 N–H and O–H groups in total. The number of aromatic nitrogens is 5. The fraction of sp³-hybridized carbons (Fsp3) is 0.581. The molecule has 10 nitrogen and oxygen atoms in total. The van der Waals surface area contributed by atoms with Gasteiger partial charge >= 0.3 is 0 Å². The largest absolute Gasteiger partial charge is 0.385 e. The maximum atomic E-state index is 11.5. The Bertz CT molecular complexity index is 1530. The number of hydrogen-bond acceptors (Lipinski definition) is 8. The second-order valence-electron chi connectivity index (χ2n) is 13.3. The number of imidazole rings is 1. The van der Waals surface area contributed by atoms with Crippen LogP contribution in [0.5, 0.6) is 0 Å². The molecule has 2 fully saturated rings. The van der Waals surface area contributed by atoms with Crippen molar-refractivity contribution in [3.8, 4) is 0 Å². The fourth-order valence-electron chi connectivity index (χ4n) is 6.54. The van der Waals surface area contributed by atoms with E-state index in [4.69, 9.17) is 15.5 Å². The standard InChI is InChI=1S/C31H43N7O3/c1-18(2)37(15-25-27(39)31(40,16-41-25)38-11-10-22-28(32)33-17-34-29(22)38)21-12-19(13-21)6-9-26-35-23-8-7-20(30(3,4)5)14-24(23)36-26/h7-8,10-11,14,17-19,21,25,27,39-40H,6,9,12-13,15-16H2,1-5H3,(H,35,36)(H2,32,33,34)/t19?,21?,25-,27-,31+/m1/s1. The predicted molar refractivity (Wildman–Crippen MR) is 159 cm³/mol. The van der Waals surface area contributed by atoms with Crippen molar-refractivity contribution in [2.75, 3.05) is 18.9 Å². The number of anilines is 1. The number of hydrogen-bond donors (Lipinski definition) is 4. The highest BCUT2D eigenvalue weighted by atomic mass is 16.5. The van der Waals surface area contributed by atoms with Crippen LogP contribution in [0.25, 0.3) is 22.1 Å². The van der Waals surface area contributed by atoms with Gasteiger partial charge in [-0.05, 0) is 68.2 Å². The van der Waals surface area contributed by atoms with Crippen LogP contribution in [0.4, 0.5) is 5.82 Å². The molecule has 1 aromatic carbocycles. The minimum atomic E-state index is -1.63. The molecule has 0 unspecified atom stereocenters. The summed E-state index contributed by atoms with van der Waals surface area (Å²) in [6, 6.07) is 9.01. The van der Waals surface area contributed by atoms with E-state index in [1.807, 2.05) is 0 Å². The van der Waals surface area contributed by atoms with E-state index in [1.54, 1.807) is 16.8 Å². The van der Waals surface area contributed by atoms with Crippen LogP contribution in [0, 0.1) is 5.92 Å². The van der Waals surface area contributed by atoms with Gasteiger partial charge in [0, 0.05) is 31.2 Å². The van der Waals surface area contributed by atoms with Gasteiger partial charge in [0.15, 0.2) is 5.72 Å². The third-order valence-corrected chi connectivity index (χ3v) is 9.19. The molecule has 3 aromatic heterocycles. The van der Waals surface area contributed by atoms with Crippen molar-refractivity contribution < 1.29 is 14.9 Å². The van der Waals surface area contributed by atoms with Gasteiger partial charge in [-0.1, -0.05) is 26.8 Å². The van der Waals surface area contributed by atoms with Crippen LogP contribution in [-0.2, 0) is 22.3 Å². The first-order chi connectivity index (χ1) is 19.4. The zero-order valence-electron chi connectivity index (χ0n) is 24.7. The van der Waals surface area contributed by atoms with Gasteiger partial charge in [0.1, 0.15) is 35.8 Å². The molecule has 4 heterocycles. The minimum Gasteiger partial charge on any atom is -0.385 e. The molecule has 0 radical (unpaired) electrons. The molecule has 0 bridgehead atoms. The molecule has 3 atom stereocenters. The number of nitrogen functional groups attached to an aromatic ring is 1. The van der Waals surface area contributed by atoms with E-state index in [0.717, 1.165) is 42.5 Å². The van der Waals surface area contributed by atoms with E-state index in [0.29, 0.717) is 35.4 Å². The number of rotatable bonds is 8. The van der Waals surface area contributed by atoms with Crippen LogP contribution in [-0.4, -0.2) is 77.1 Å². The lowest BCUT2D eigenvalue weighted by Gasteiger charge is -2.46. The maximum absolute atomic E-state index is 11.5. The second kappa shape index (κ2) is 10.3. The first-order valence-electron chi connectivity index (χ1n) is 14.8. The van der Waals surface area contributed by atoms with Crippen LogP contribution < -0.4 is 5.73 Å². The molecular weight excluding hydrogens is 518 g/mol. The predicted octanol–water partition coefficient (Wildman–Crippen LogP) is 3.71. The maximum Gasteiger partial charge on any atom is 0.195 e. The highest BCUT2D eigenvalue weighted by molar-refractivity contribution is 5.86. The van der Waals surface area contributed by atoms with E-state index < -0.39 is 17.9 Å². The highest BCUT2D eigenvalue weighted by Crippen LogP contribution is 2.39. The van der Waals surface area contributed by atoms with Crippen molar-refractivity contribution >= 4 is 27.9 Å². The molecule has 1 saturated heterocycles. The summed E-state index contributed by atoms with van der Waals surface area (Å²) < 4.78 is 7.59. The first kappa shape index (κ1) is 28.1. The number of aliphatic hydroxyl groups is 2. The molecule has 220 valence electrons. The van der Waals surface area contributed by atoms with Crippen LogP contribution in [0.3, 0.4) is 0 Å². The zero-order valence-corrected chi connectivity index (χ0v) is 24.7. The molecule has 0 amide bonds. The van der Waals surface area contributed by atoms with Crippen LogP contribution in [0.2, 0.25) is 0 Å². The molecule has 2 aliphatic rings. The molecule has 0 spiro atoms. The average molecular weight is 562 g/mol. The number of nitrogens with one attached hydrogen (secondary N) is 1. The van der Waals surface area contributed by atoms with E-state index in [-0.39, 0.29) is 18.1 Å². The third kappa shape index (κ3) is 5.11. The lowest BCUT2D eigenvalue weighted by Crippen LogP contribution is -2.54. The monoisotopic (exact) mass is 561 g/mol. The number of benzene rings is 1. The van der Waals surface area contributed by atoms with Crippen LogP contribution in [0.15, 0.2) is 36.8 Å². The van der Waals surface area contributed by atoms with Crippen molar-refractivity contribution in [2.45, 2.75) is 95.7 Å². The van der Waals surface area contributed by atoms with Gasteiger partial charge in [0.05, 0.1) is 23.0 Å². The smallest absolute Gasteiger partial charge is 0.195 e. The number of nitrogens with zero attached hydrogens (tertiary/aromatic N) is 5. The van der Waals surface area contributed by atoms with Gasteiger partial charge < -0.3 is 25.7 Å². The number of fused-ring (bicyclic) bond motifs is 2. The number of ether oxygens (including phenoxy) is 1. The Morgan fingerprint density at radius 1 is 1.22 bits per heavy atom. The summed E-state index contributed by atoms with van der Waals surface area (Å²) in [7, 11) is 0. The first-order valence-corrected chi connectivity index (χ1v) is 14.8. The molecule has 10 heteroatoms. The number of nitrogens with two attached hydrogens (primary N) is 1. The molecule has 6 rings (SSSR count). The molecule has 1 aliphatic carbocycles. The highest BCUT2D eigenvalue weighted by Gasteiger charge is 2.51. The van der Waals surface area contributed by atoms with Gasteiger partial charge in [-0.15, -0.1) is 0 Å². The Kier molecular flexibility index (Phi) is 7.09. The average Bonchev–Trinajstić information content (AvgIpc) is 3.58. The topological polar surface area (TPSA) is 138 Å². The molecule has 41 heavy (non-hydrogen) atoms. The summed E-state index contributed by atoms with van der Waals surface area (Å²) >= 11 is 0. The lowest BCUT2D eigenvalue weighted by atomic mass is 9.76. The van der Waals surface area contributed by atoms with Crippen molar-refractivity contribution in [1.82, 2.24) is 29.4 Å². The Morgan fingerprint density at radius 2 is 2.00 bits per heavy atom. The fourth-order valence-corrected chi connectivity index (χ4v) is 6.54. The number of aromatic amines is 1.